The van der Waals surface area contributed by atoms with Crippen molar-refractivity contribution in [1.29, 1.82) is 0 Å². The topological polar surface area (TPSA) is 142 Å². The van der Waals surface area contributed by atoms with E-state index in [1.54, 1.807) is 24.4 Å². The molecule has 9 nitrogen and oxygen atoms in total. The smallest absolute Gasteiger partial charge is 0.475 e. The van der Waals surface area contributed by atoms with E-state index in [4.69, 9.17) is 9.90 Å². The zero-order valence-electron chi connectivity index (χ0n) is 15.3. The molecule has 0 aliphatic heterocycles. The fourth-order valence-corrected chi connectivity index (χ4v) is 2.48. The number of aromatic nitrogens is 5. The van der Waals surface area contributed by atoms with Crippen molar-refractivity contribution >= 4 is 40.1 Å². The van der Waals surface area contributed by atoms with Crippen LogP contribution in [-0.2, 0) is 4.79 Å². The number of aliphatic carboxylic acids is 1. The Morgan fingerprint density at radius 1 is 1.03 bits per heavy atom. The maximum atomic E-state index is 12.5. The van der Waals surface area contributed by atoms with E-state index in [1.165, 1.54) is 0 Å². The zero-order valence-corrected chi connectivity index (χ0v) is 15.3. The van der Waals surface area contributed by atoms with E-state index in [0.717, 1.165) is 11.3 Å². The highest BCUT2D eigenvalue weighted by atomic mass is 19.4. The van der Waals surface area contributed by atoms with Crippen LogP contribution in [0.1, 0.15) is 11.3 Å². The predicted octanol–water partition coefficient (Wildman–Crippen LogP) is 2.36. The Labute approximate surface area is 169 Å². The first kappa shape index (κ1) is 21.4. The van der Waals surface area contributed by atoms with Gasteiger partial charge in [0.15, 0.2) is 11.0 Å². The number of carboxylic acid groups (broad SMARTS) is 1. The summed E-state index contributed by atoms with van der Waals surface area (Å²) >= 11 is 0. The van der Waals surface area contributed by atoms with Crippen LogP contribution < -0.4 is 11.0 Å². The first-order valence-electron chi connectivity index (χ1n) is 8.47. The minimum Gasteiger partial charge on any atom is -0.475 e. The number of fused-ring (bicyclic) bond motifs is 2. The summed E-state index contributed by atoms with van der Waals surface area (Å²) in [6, 6.07) is 10.8. The van der Waals surface area contributed by atoms with Gasteiger partial charge in [-0.2, -0.15) is 28.6 Å². The van der Waals surface area contributed by atoms with Crippen LogP contribution in [0, 0.1) is 0 Å². The molecule has 0 saturated carbocycles. The van der Waals surface area contributed by atoms with Gasteiger partial charge in [0.2, 0.25) is 5.43 Å². The first-order chi connectivity index (χ1) is 14.7. The fraction of sp³-hybridized carbons (Fsp3) is 0.0526. The molecular formula is C19H12F3N5O4. The minimum atomic E-state index is -5.08. The second-order valence-electron chi connectivity index (χ2n) is 6.00. The molecule has 3 heterocycles. The van der Waals surface area contributed by atoms with Crippen LogP contribution in [0.2, 0.25) is 0 Å². The third kappa shape index (κ3) is 4.98. The molecule has 0 radical (unpaired) electrons. The molecule has 0 bridgehead atoms. The van der Waals surface area contributed by atoms with Gasteiger partial charge in [-0.1, -0.05) is 18.2 Å². The quantitative estimate of drug-likeness (QED) is 0.442. The number of halogens is 3. The molecule has 0 aliphatic carbocycles. The largest absolute Gasteiger partial charge is 0.490 e. The lowest BCUT2D eigenvalue weighted by Crippen LogP contribution is -2.21. The van der Waals surface area contributed by atoms with Gasteiger partial charge in [0.1, 0.15) is 0 Å². The summed E-state index contributed by atoms with van der Waals surface area (Å²) in [7, 11) is 0. The number of carbonyl (C=O) groups is 1. The van der Waals surface area contributed by atoms with Gasteiger partial charge >= 0.3 is 12.1 Å². The average molecular weight is 431 g/mol. The number of carboxylic acids is 1. The molecule has 0 amide bonds. The van der Waals surface area contributed by atoms with Crippen LogP contribution in [0.25, 0.3) is 34.1 Å². The molecule has 0 spiro atoms. The van der Waals surface area contributed by atoms with Crippen molar-refractivity contribution in [1.82, 2.24) is 25.4 Å². The van der Waals surface area contributed by atoms with Gasteiger partial charge in [-0.25, -0.2) is 4.79 Å². The normalized spacial score (nSPS) is 11.5. The maximum Gasteiger partial charge on any atom is 0.490 e. The Balaban J connectivity index is 0.000000339. The molecule has 0 unspecified atom stereocenters. The number of rotatable bonds is 2. The van der Waals surface area contributed by atoms with Crippen molar-refractivity contribution in [3.05, 3.63) is 74.4 Å². The Kier molecular flexibility index (Phi) is 5.90. The standard InChI is InChI=1S/C17H11N5O2.C2HF3O2/c23-16-12-7-5-10(4-6-11-3-1-2-8-18-11)9-13(12)19-17(24)15-14(16)20-22-21-15;3-2(4,5)1(6)7/h1-9H,(H,19,24)(H,20,21,22);(H,6,7)/b6-4+;. The van der Waals surface area contributed by atoms with Crippen LogP contribution in [0.3, 0.4) is 0 Å². The van der Waals surface area contributed by atoms with Crippen molar-refractivity contribution < 1.29 is 23.1 Å². The SMILES string of the molecule is O=C(O)C(F)(F)F.O=c1[nH]c2cc(/C=C/c3ccccn3)ccc2c(=O)c2n[nH]nc12. The summed E-state index contributed by atoms with van der Waals surface area (Å²) in [6.45, 7) is 0. The number of H-pyrrole nitrogens is 2. The summed E-state index contributed by atoms with van der Waals surface area (Å²) in [4.78, 5) is 40.4. The summed E-state index contributed by atoms with van der Waals surface area (Å²) in [6.07, 6.45) is 0.347. The highest BCUT2D eigenvalue weighted by Crippen LogP contribution is 2.14. The van der Waals surface area contributed by atoms with Gasteiger partial charge in [-0.05, 0) is 35.9 Å². The molecule has 0 saturated heterocycles. The summed E-state index contributed by atoms with van der Waals surface area (Å²) in [5.41, 5.74) is 1.32. The zero-order chi connectivity index (χ0) is 22.6. The first-order valence-corrected chi connectivity index (χ1v) is 8.47. The number of pyridine rings is 1. The van der Waals surface area contributed by atoms with Crippen molar-refractivity contribution in [2.75, 3.05) is 0 Å². The molecule has 0 aliphatic rings. The van der Waals surface area contributed by atoms with E-state index in [-0.39, 0.29) is 16.5 Å². The Bertz CT molecular complexity index is 1400. The van der Waals surface area contributed by atoms with E-state index in [9.17, 15) is 22.8 Å². The molecule has 4 aromatic rings. The third-order valence-corrected chi connectivity index (χ3v) is 3.89. The molecule has 3 aromatic heterocycles. The summed E-state index contributed by atoms with van der Waals surface area (Å²) in [5, 5.41) is 17.3. The highest BCUT2D eigenvalue weighted by molar-refractivity contribution is 5.88. The van der Waals surface area contributed by atoms with Gasteiger partial charge in [0, 0.05) is 11.6 Å². The van der Waals surface area contributed by atoms with E-state index in [1.807, 2.05) is 30.4 Å². The van der Waals surface area contributed by atoms with Gasteiger partial charge in [0.25, 0.3) is 5.56 Å². The minimum absolute atomic E-state index is 0.00165. The summed E-state index contributed by atoms with van der Waals surface area (Å²) in [5.74, 6) is -2.76. The van der Waals surface area contributed by atoms with Gasteiger partial charge in [-0.3, -0.25) is 14.6 Å². The molecule has 31 heavy (non-hydrogen) atoms. The molecule has 0 fully saturated rings. The second-order valence-corrected chi connectivity index (χ2v) is 6.00. The average Bonchev–Trinajstić information content (AvgIpc) is 3.19. The number of hydrogen-bond acceptors (Lipinski definition) is 6. The predicted molar refractivity (Wildman–Crippen MR) is 105 cm³/mol. The summed E-state index contributed by atoms with van der Waals surface area (Å²) < 4.78 is 31.7. The Morgan fingerprint density at radius 3 is 2.39 bits per heavy atom. The monoisotopic (exact) mass is 431 g/mol. The van der Waals surface area contributed by atoms with Crippen molar-refractivity contribution in [3.8, 4) is 0 Å². The number of nitrogens with one attached hydrogen (secondary N) is 2. The van der Waals surface area contributed by atoms with Crippen LogP contribution in [0.15, 0.2) is 52.2 Å². The lowest BCUT2D eigenvalue weighted by atomic mass is 10.1. The van der Waals surface area contributed by atoms with Crippen molar-refractivity contribution in [3.63, 3.8) is 0 Å². The molecule has 3 N–H and O–H groups in total. The second kappa shape index (κ2) is 8.57. The third-order valence-electron chi connectivity index (χ3n) is 3.89. The van der Waals surface area contributed by atoms with Gasteiger partial charge < -0.3 is 10.1 Å². The fourth-order valence-electron chi connectivity index (χ4n) is 2.48. The number of alkyl halides is 3. The van der Waals surface area contributed by atoms with Gasteiger partial charge in [-0.15, -0.1) is 0 Å². The van der Waals surface area contributed by atoms with Crippen LogP contribution in [0.4, 0.5) is 13.2 Å². The van der Waals surface area contributed by atoms with Crippen LogP contribution in [0.5, 0.6) is 0 Å². The maximum absolute atomic E-state index is 12.5. The van der Waals surface area contributed by atoms with Crippen molar-refractivity contribution in [2.24, 2.45) is 0 Å². The van der Waals surface area contributed by atoms with Gasteiger partial charge in [0.05, 0.1) is 11.2 Å². The number of hydrogen-bond donors (Lipinski definition) is 3. The molecule has 12 heteroatoms. The lowest BCUT2D eigenvalue weighted by Gasteiger charge is -1.96. The number of nitrogens with zero attached hydrogens (tertiary/aromatic N) is 3. The van der Waals surface area contributed by atoms with E-state index in [2.05, 4.69) is 25.4 Å². The number of benzene rings is 1. The lowest BCUT2D eigenvalue weighted by molar-refractivity contribution is -0.192. The van der Waals surface area contributed by atoms with Crippen LogP contribution in [-0.4, -0.2) is 42.6 Å². The molecular weight excluding hydrogens is 419 g/mol. The molecule has 1 aromatic carbocycles. The number of aromatic amines is 2. The van der Waals surface area contributed by atoms with E-state index >= 15 is 0 Å². The molecule has 158 valence electrons. The van der Waals surface area contributed by atoms with Crippen LogP contribution >= 0.6 is 0 Å². The molecule has 0 atom stereocenters. The van der Waals surface area contributed by atoms with Crippen molar-refractivity contribution in [2.45, 2.75) is 6.18 Å². The highest BCUT2D eigenvalue weighted by Gasteiger charge is 2.38. The molecule has 4 rings (SSSR count). The van der Waals surface area contributed by atoms with E-state index < -0.39 is 17.7 Å². The Hall–Kier alpha value is -4.35. The van der Waals surface area contributed by atoms with E-state index in [0.29, 0.717) is 10.9 Å². The Morgan fingerprint density at radius 2 is 1.74 bits per heavy atom.